The van der Waals surface area contributed by atoms with Crippen molar-refractivity contribution < 1.29 is 19.4 Å². The molecule has 0 unspecified atom stereocenters. The number of carboxylic acids is 1. The maximum Gasteiger partial charge on any atom is 0.323 e. The number of carbonyl (C=O) groups is 2. The molecule has 1 saturated heterocycles. The van der Waals surface area contributed by atoms with Crippen LogP contribution in [0.1, 0.15) is 23.7 Å². The normalized spacial score (nSPS) is 18.6. The zero-order valence-corrected chi connectivity index (χ0v) is 16.2. The highest BCUT2D eigenvalue weighted by Gasteiger charge is 2.23. The Morgan fingerprint density at radius 3 is 2.50 bits per heavy atom. The summed E-state index contributed by atoms with van der Waals surface area (Å²) in [6, 6.07) is 15.2. The minimum absolute atomic E-state index is 0.321. The van der Waals surface area contributed by atoms with E-state index in [-0.39, 0.29) is 12.5 Å². The second-order valence-electron chi connectivity index (χ2n) is 7.35. The topological polar surface area (TPSA) is 78.9 Å². The second-order valence-corrected chi connectivity index (χ2v) is 7.35. The Bertz CT molecular complexity index is 852. The lowest BCUT2D eigenvalue weighted by molar-refractivity contribution is -0.137. The van der Waals surface area contributed by atoms with Crippen molar-refractivity contribution in [1.82, 2.24) is 10.2 Å². The molecule has 148 valence electrons. The molecule has 2 aromatic rings. The van der Waals surface area contributed by atoms with Crippen molar-refractivity contribution in [2.75, 3.05) is 26.7 Å². The summed E-state index contributed by atoms with van der Waals surface area (Å²) < 4.78 is 6.10. The average Bonchev–Trinajstić information content (AvgIpc) is 3.10. The van der Waals surface area contributed by atoms with E-state index in [4.69, 9.17) is 9.84 Å². The van der Waals surface area contributed by atoms with Gasteiger partial charge in [0.1, 0.15) is 18.9 Å². The summed E-state index contributed by atoms with van der Waals surface area (Å²) >= 11 is 0. The van der Waals surface area contributed by atoms with Gasteiger partial charge in [-0.1, -0.05) is 43.3 Å². The Kier molecular flexibility index (Phi) is 6.31. The van der Waals surface area contributed by atoms with E-state index in [2.05, 4.69) is 12.2 Å². The summed E-state index contributed by atoms with van der Waals surface area (Å²) in [5.41, 5.74) is 2.00. The number of carboxylic acid groups (broad SMARTS) is 1. The van der Waals surface area contributed by atoms with E-state index in [1.165, 1.54) is 11.9 Å². The molecule has 1 heterocycles. The number of benzene rings is 2. The van der Waals surface area contributed by atoms with Crippen LogP contribution in [0.25, 0.3) is 11.1 Å². The van der Waals surface area contributed by atoms with Crippen molar-refractivity contribution in [2.24, 2.45) is 5.92 Å². The first-order valence-electron chi connectivity index (χ1n) is 9.47. The highest BCUT2D eigenvalue weighted by atomic mass is 16.5. The van der Waals surface area contributed by atoms with Crippen LogP contribution in [-0.4, -0.2) is 54.7 Å². The van der Waals surface area contributed by atoms with Gasteiger partial charge in [0, 0.05) is 24.2 Å². The van der Waals surface area contributed by atoms with Crippen molar-refractivity contribution >= 4 is 11.9 Å². The third kappa shape index (κ3) is 4.70. The van der Waals surface area contributed by atoms with E-state index in [0.717, 1.165) is 24.1 Å². The quantitative estimate of drug-likeness (QED) is 0.770. The van der Waals surface area contributed by atoms with E-state index in [9.17, 15) is 9.59 Å². The molecule has 6 heteroatoms. The third-order valence-electron chi connectivity index (χ3n) is 4.94. The molecule has 1 amide bonds. The molecule has 0 aromatic heterocycles. The van der Waals surface area contributed by atoms with Gasteiger partial charge in [0.05, 0.1) is 0 Å². The molecule has 2 aromatic carbocycles. The summed E-state index contributed by atoms with van der Waals surface area (Å²) in [7, 11) is 1.49. The Morgan fingerprint density at radius 2 is 1.82 bits per heavy atom. The number of carbonyl (C=O) groups excluding carboxylic acids is 1. The third-order valence-corrected chi connectivity index (χ3v) is 4.94. The Hall–Kier alpha value is -2.86. The minimum atomic E-state index is -1.05. The average molecular weight is 382 g/mol. The van der Waals surface area contributed by atoms with Crippen LogP contribution in [-0.2, 0) is 4.79 Å². The lowest BCUT2D eigenvalue weighted by Crippen LogP contribution is -2.32. The fourth-order valence-electron chi connectivity index (χ4n) is 3.54. The number of nitrogens with zero attached hydrogens (tertiary/aromatic N) is 1. The van der Waals surface area contributed by atoms with E-state index >= 15 is 0 Å². The predicted octanol–water partition coefficient (Wildman–Crippen LogP) is 2.89. The van der Waals surface area contributed by atoms with Crippen LogP contribution < -0.4 is 10.1 Å². The Morgan fingerprint density at radius 1 is 1.14 bits per heavy atom. The number of nitrogens with one attached hydrogen (secondary N) is 1. The van der Waals surface area contributed by atoms with Crippen molar-refractivity contribution in [3.05, 3.63) is 54.1 Å². The molecule has 6 nitrogen and oxygen atoms in total. The van der Waals surface area contributed by atoms with Crippen molar-refractivity contribution in [2.45, 2.75) is 19.4 Å². The van der Waals surface area contributed by atoms with E-state index in [1.807, 2.05) is 36.4 Å². The molecule has 0 aliphatic carbocycles. The first-order chi connectivity index (χ1) is 13.5. The van der Waals surface area contributed by atoms with Crippen LogP contribution in [0, 0.1) is 5.92 Å². The largest absolute Gasteiger partial charge is 0.491 e. The summed E-state index contributed by atoms with van der Waals surface area (Å²) in [5, 5.41) is 12.4. The van der Waals surface area contributed by atoms with Gasteiger partial charge in [-0.2, -0.15) is 0 Å². The number of amides is 1. The Labute approximate surface area is 165 Å². The molecule has 1 aliphatic heterocycles. The standard InChI is InChI=1S/C22H26N2O4/c1-15-11-16(23-12-15)14-28-20-10-6-5-8-18(20)17-7-3-4-9-19(17)22(27)24(2)13-21(25)26/h3-10,15-16,23H,11-14H2,1-2H3,(H,25,26)/t15-,16+/m1/s1. The maximum atomic E-state index is 12.8. The second kappa shape index (κ2) is 8.89. The van der Waals surface area contributed by atoms with Crippen LogP contribution in [0.3, 0.4) is 0 Å². The van der Waals surface area contributed by atoms with Crippen LogP contribution in [0.2, 0.25) is 0 Å². The Balaban J connectivity index is 1.86. The summed E-state index contributed by atoms with van der Waals surface area (Å²) in [6.45, 7) is 3.44. The number of likely N-dealkylation sites (N-methyl/N-ethyl adjacent to an activating group) is 1. The number of para-hydroxylation sites is 1. The van der Waals surface area contributed by atoms with Crippen LogP contribution in [0.5, 0.6) is 5.75 Å². The van der Waals surface area contributed by atoms with Gasteiger partial charge in [-0.25, -0.2) is 0 Å². The molecule has 1 aliphatic rings. The molecule has 1 fully saturated rings. The molecule has 2 atom stereocenters. The predicted molar refractivity (Wildman–Crippen MR) is 108 cm³/mol. The highest BCUT2D eigenvalue weighted by Crippen LogP contribution is 2.33. The maximum absolute atomic E-state index is 12.8. The molecular formula is C22H26N2O4. The first kappa shape index (κ1) is 19.9. The van der Waals surface area contributed by atoms with Crippen LogP contribution in [0.15, 0.2) is 48.5 Å². The van der Waals surface area contributed by atoms with Gasteiger partial charge in [-0.15, -0.1) is 0 Å². The van der Waals surface area contributed by atoms with E-state index in [1.54, 1.807) is 12.1 Å². The number of aliphatic carboxylic acids is 1. The van der Waals surface area contributed by atoms with Crippen molar-refractivity contribution in [3.8, 4) is 16.9 Å². The van der Waals surface area contributed by atoms with Crippen molar-refractivity contribution in [3.63, 3.8) is 0 Å². The number of hydrogen-bond donors (Lipinski definition) is 2. The SMILES string of the molecule is C[C@H]1CN[C@H](COc2ccccc2-c2ccccc2C(=O)N(C)CC(=O)O)C1. The van der Waals surface area contributed by atoms with Gasteiger partial charge in [0.2, 0.25) is 0 Å². The lowest BCUT2D eigenvalue weighted by atomic mass is 9.98. The van der Waals surface area contributed by atoms with Crippen LogP contribution >= 0.6 is 0 Å². The zero-order valence-electron chi connectivity index (χ0n) is 16.2. The van der Waals surface area contributed by atoms with Gasteiger partial charge in [0.25, 0.3) is 5.91 Å². The van der Waals surface area contributed by atoms with Gasteiger partial charge >= 0.3 is 5.97 Å². The first-order valence-corrected chi connectivity index (χ1v) is 9.47. The highest BCUT2D eigenvalue weighted by molar-refractivity contribution is 6.02. The van der Waals surface area contributed by atoms with Crippen LogP contribution in [0.4, 0.5) is 0 Å². The van der Waals surface area contributed by atoms with Gasteiger partial charge < -0.3 is 20.1 Å². The molecule has 28 heavy (non-hydrogen) atoms. The van der Waals surface area contributed by atoms with E-state index in [0.29, 0.717) is 29.9 Å². The molecule has 2 N–H and O–H groups in total. The number of ether oxygens (including phenoxy) is 1. The molecule has 3 rings (SSSR count). The zero-order chi connectivity index (χ0) is 20.1. The van der Waals surface area contributed by atoms with Gasteiger partial charge in [0.15, 0.2) is 0 Å². The number of rotatable bonds is 7. The van der Waals surface area contributed by atoms with Gasteiger partial charge in [-0.05, 0) is 36.6 Å². The monoisotopic (exact) mass is 382 g/mol. The van der Waals surface area contributed by atoms with E-state index < -0.39 is 5.97 Å². The van der Waals surface area contributed by atoms with Crippen molar-refractivity contribution in [1.29, 1.82) is 0 Å². The summed E-state index contributed by atoms with van der Waals surface area (Å²) in [6.07, 6.45) is 1.08. The molecule has 0 bridgehead atoms. The molecule has 0 radical (unpaired) electrons. The molecule has 0 saturated carbocycles. The molecule has 0 spiro atoms. The lowest BCUT2D eigenvalue weighted by Gasteiger charge is -2.19. The fourth-order valence-corrected chi connectivity index (χ4v) is 3.54. The molecular weight excluding hydrogens is 356 g/mol. The summed E-state index contributed by atoms with van der Waals surface area (Å²) in [4.78, 5) is 25.0. The minimum Gasteiger partial charge on any atom is -0.491 e. The fraction of sp³-hybridized carbons (Fsp3) is 0.364. The smallest absolute Gasteiger partial charge is 0.323 e. The number of hydrogen-bond acceptors (Lipinski definition) is 4. The summed E-state index contributed by atoms with van der Waals surface area (Å²) in [5.74, 6) is -0.0219. The van der Waals surface area contributed by atoms with Gasteiger partial charge in [-0.3, -0.25) is 9.59 Å².